The highest BCUT2D eigenvalue weighted by Crippen LogP contribution is 2.32. The predicted molar refractivity (Wildman–Crippen MR) is 68.3 cm³/mol. The first-order valence-electron chi connectivity index (χ1n) is 4.99. The zero-order chi connectivity index (χ0) is 13.1. The average molecular weight is 285 g/mol. The van der Waals surface area contributed by atoms with Gasteiger partial charge in [0.25, 0.3) is 0 Å². The van der Waals surface area contributed by atoms with Gasteiger partial charge in [0.2, 0.25) is 0 Å². The lowest BCUT2D eigenvalue weighted by Crippen LogP contribution is -1.93. The Hall–Kier alpha value is -1.58. The number of carbonyl (C=O) groups excluding carboxylic acids is 1. The Kier molecular flexibility index (Phi) is 3.84. The Morgan fingerprint density at radius 3 is 2.28 bits per heavy atom. The monoisotopic (exact) mass is 284 g/mol. The summed E-state index contributed by atoms with van der Waals surface area (Å²) in [5, 5.41) is 0.187. The van der Waals surface area contributed by atoms with Gasteiger partial charge in [-0.15, -0.1) is 0 Å². The second-order valence-corrected chi connectivity index (χ2v) is 4.24. The summed E-state index contributed by atoms with van der Waals surface area (Å²) in [6.45, 7) is 0. The third-order valence-electron chi connectivity index (χ3n) is 2.27. The molecule has 0 bridgehead atoms. The van der Waals surface area contributed by atoms with Crippen molar-refractivity contribution >= 4 is 29.5 Å². The highest BCUT2D eigenvalue weighted by Gasteiger charge is 2.12. The van der Waals surface area contributed by atoms with Crippen LogP contribution in [0.1, 0.15) is 10.4 Å². The van der Waals surface area contributed by atoms with Gasteiger partial charge in [0.15, 0.2) is 17.9 Å². The number of hydrogen-bond acceptors (Lipinski definition) is 2. The average Bonchev–Trinajstić information content (AvgIpc) is 2.35. The number of rotatable bonds is 3. The van der Waals surface area contributed by atoms with Gasteiger partial charge in [-0.1, -0.05) is 35.3 Å². The number of ether oxygens (including phenoxy) is 1. The summed E-state index contributed by atoms with van der Waals surface area (Å²) in [6, 6.07) is 9.04. The maximum Gasteiger partial charge on any atom is 0.184 e. The summed E-state index contributed by atoms with van der Waals surface area (Å²) in [5.41, 5.74) is 0.165. The van der Waals surface area contributed by atoms with Gasteiger partial charge in [-0.3, -0.25) is 4.79 Å². The second kappa shape index (κ2) is 5.38. The minimum atomic E-state index is -0.684. The minimum absolute atomic E-state index is 0.0535. The molecule has 0 spiro atoms. The van der Waals surface area contributed by atoms with Crippen molar-refractivity contribution in [1.29, 1.82) is 0 Å². The lowest BCUT2D eigenvalue weighted by molar-refractivity contribution is 0.112. The van der Waals surface area contributed by atoms with E-state index in [1.807, 2.05) is 0 Å². The van der Waals surface area contributed by atoms with Crippen LogP contribution in [0.15, 0.2) is 36.4 Å². The highest BCUT2D eigenvalue weighted by atomic mass is 35.5. The predicted octanol–water partition coefficient (Wildman–Crippen LogP) is 4.74. The molecule has 2 aromatic carbocycles. The van der Waals surface area contributed by atoms with Crippen LogP contribution in [0.3, 0.4) is 0 Å². The molecular formula is C13H7Cl2FO2. The topological polar surface area (TPSA) is 26.3 Å². The molecule has 0 radical (unpaired) electrons. The third kappa shape index (κ3) is 2.47. The molecule has 0 aliphatic heterocycles. The standard InChI is InChI=1S/C13H7Cl2FO2/c14-9-3-1-5-11(8(9)7-17)18-12-6-2-4-10(15)13(12)16/h1-7H. The van der Waals surface area contributed by atoms with Gasteiger partial charge in [-0.25, -0.2) is 4.39 Å². The molecule has 0 unspecified atom stereocenters. The van der Waals surface area contributed by atoms with E-state index in [2.05, 4.69) is 0 Å². The summed E-state index contributed by atoms with van der Waals surface area (Å²) in [7, 11) is 0. The van der Waals surface area contributed by atoms with Crippen molar-refractivity contribution in [3.05, 3.63) is 57.8 Å². The molecule has 0 atom stereocenters. The van der Waals surface area contributed by atoms with E-state index in [1.54, 1.807) is 18.2 Å². The number of aldehydes is 1. The normalized spacial score (nSPS) is 10.2. The maximum atomic E-state index is 13.6. The summed E-state index contributed by atoms with van der Waals surface area (Å²) in [4.78, 5) is 10.9. The SMILES string of the molecule is O=Cc1c(Cl)cccc1Oc1cccc(Cl)c1F. The van der Waals surface area contributed by atoms with Crippen LogP contribution in [0.2, 0.25) is 10.0 Å². The van der Waals surface area contributed by atoms with E-state index >= 15 is 0 Å². The van der Waals surface area contributed by atoms with Crippen molar-refractivity contribution in [2.45, 2.75) is 0 Å². The van der Waals surface area contributed by atoms with Crippen molar-refractivity contribution in [3.8, 4) is 11.5 Å². The van der Waals surface area contributed by atoms with E-state index in [4.69, 9.17) is 27.9 Å². The Morgan fingerprint density at radius 2 is 1.61 bits per heavy atom. The van der Waals surface area contributed by atoms with Gasteiger partial charge in [0.1, 0.15) is 5.75 Å². The van der Waals surface area contributed by atoms with Crippen molar-refractivity contribution in [1.82, 2.24) is 0 Å². The van der Waals surface area contributed by atoms with E-state index < -0.39 is 5.82 Å². The van der Waals surface area contributed by atoms with Crippen molar-refractivity contribution < 1.29 is 13.9 Å². The van der Waals surface area contributed by atoms with Crippen LogP contribution in [-0.2, 0) is 0 Å². The molecule has 0 N–H and O–H groups in total. The van der Waals surface area contributed by atoms with E-state index in [0.29, 0.717) is 6.29 Å². The number of halogens is 3. The van der Waals surface area contributed by atoms with Crippen LogP contribution in [-0.4, -0.2) is 6.29 Å². The fourth-order valence-electron chi connectivity index (χ4n) is 1.40. The lowest BCUT2D eigenvalue weighted by atomic mass is 10.2. The number of carbonyl (C=O) groups is 1. The molecule has 0 saturated carbocycles. The van der Waals surface area contributed by atoms with Crippen LogP contribution in [0.5, 0.6) is 11.5 Å². The molecule has 2 aromatic rings. The largest absolute Gasteiger partial charge is 0.453 e. The minimum Gasteiger partial charge on any atom is -0.453 e. The molecule has 0 aliphatic carbocycles. The Bertz CT molecular complexity index is 600. The summed E-state index contributed by atoms with van der Waals surface area (Å²) in [5.74, 6) is -0.567. The Morgan fingerprint density at radius 1 is 1.00 bits per heavy atom. The van der Waals surface area contributed by atoms with Gasteiger partial charge in [0.05, 0.1) is 15.6 Å². The van der Waals surface area contributed by atoms with E-state index in [0.717, 1.165) is 0 Å². The summed E-state index contributed by atoms with van der Waals surface area (Å²) < 4.78 is 19.0. The molecule has 2 nitrogen and oxygen atoms in total. The first-order valence-corrected chi connectivity index (χ1v) is 5.74. The highest BCUT2D eigenvalue weighted by molar-refractivity contribution is 6.33. The smallest absolute Gasteiger partial charge is 0.184 e. The zero-order valence-electron chi connectivity index (χ0n) is 8.99. The van der Waals surface area contributed by atoms with Gasteiger partial charge in [-0.2, -0.15) is 0 Å². The second-order valence-electron chi connectivity index (χ2n) is 3.42. The fraction of sp³-hybridized carbons (Fsp3) is 0. The molecule has 0 amide bonds. The van der Waals surface area contributed by atoms with Crippen LogP contribution in [0, 0.1) is 5.82 Å². The third-order valence-corrected chi connectivity index (χ3v) is 2.89. The number of benzene rings is 2. The van der Waals surface area contributed by atoms with Crippen molar-refractivity contribution in [2.75, 3.05) is 0 Å². The van der Waals surface area contributed by atoms with E-state index in [-0.39, 0.29) is 27.1 Å². The quantitative estimate of drug-likeness (QED) is 0.761. The van der Waals surface area contributed by atoms with Gasteiger partial charge >= 0.3 is 0 Å². The van der Waals surface area contributed by atoms with Crippen LogP contribution in [0.25, 0.3) is 0 Å². The summed E-state index contributed by atoms with van der Waals surface area (Å²) >= 11 is 11.5. The first-order chi connectivity index (χ1) is 8.63. The molecule has 0 heterocycles. The molecule has 2 rings (SSSR count). The van der Waals surface area contributed by atoms with Gasteiger partial charge in [-0.05, 0) is 24.3 Å². The van der Waals surface area contributed by atoms with Crippen LogP contribution in [0.4, 0.5) is 4.39 Å². The van der Waals surface area contributed by atoms with Gasteiger partial charge in [0, 0.05) is 0 Å². The van der Waals surface area contributed by atoms with Crippen molar-refractivity contribution in [3.63, 3.8) is 0 Å². The Balaban J connectivity index is 2.43. The number of hydrogen-bond donors (Lipinski definition) is 0. The maximum absolute atomic E-state index is 13.6. The molecule has 92 valence electrons. The van der Waals surface area contributed by atoms with Crippen molar-refractivity contribution in [2.24, 2.45) is 0 Å². The fourth-order valence-corrected chi connectivity index (χ4v) is 1.78. The molecule has 0 aromatic heterocycles. The summed E-state index contributed by atoms with van der Waals surface area (Å²) in [6.07, 6.45) is 0.556. The van der Waals surface area contributed by atoms with E-state index in [1.165, 1.54) is 18.2 Å². The molecule has 5 heteroatoms. The Labute approximate surface area is 113 Å². The molecule has 0 fully saturated rings. The van der Waals surface area contributed by atoms with Crippen LogP contribution >= 0.6 is 23.2 Å². The molecule has 0 saturated heterocycles. The van der Waals surface area contributed by atoms with Gasteiger partial charge < -0.3 is 4.74 Å². The molecular weight excluding hydrogens is 278 g/mol. The zero-order valence-corrected chi connectivity index (χ0v) is 10.5. The molecule has 0 aliphatic rings. The van der Waals surface area contributed by atoms with E-state index in [9.17, 15) is 9.18 Å². The lowest BCUT2D eigenvalue weighted by Gasteiger charge is -2.10. The molecule has 18 heavy (non-hydrogen) atoms. The van der Waals surface area contributed by atoms with Crippen LogP contribution < -0.4 is 4.74 Å². The first kappa shape index (κ1) is 12.9.